The smallest absolute Gasteiger partial charge is 0.250 e. The van der Waals surface area contributed by atoms with Crippen molar-refractivity contribution >= 4 is 11.6 Å². The van der Waals surface area contributed by atoms with Crippen LogP contribution in [-0.2, 0) is 17.8 Å². The van der Waals surface area contributed by atoms with E-state index in [1.54, 1.807) is 12.0 Å². The fraction of sp³-hybridized carbons (Fsp3) is 0.263. The average Bonchev–Trinajstić information content (AvgIpc) is 3.16. The highest BCUT2D eigenvalue weighted by Gasteiger charge is 2.23. The molecule has 1 aromatic heterocycles. The van der Waals surface area contributed by atoms with Crippen LogP contribution in [0.5, 0.6) is 5.75 Å². The minimum absolute atomic E-state index is 0.0480. The molecule has 1 aliphatic rings. The van der Waals surface area contributed by atoms with E-state index in [0.717, 1.165) is 35.4 Å². The van der Waals surface area contributed by atoms with Gasteiger partial charge in [0.1, 0.15) is 12.3 Å². The van der Waals surface area contributed by atoms with Crippen LogP contribution in [0.1, 0.15) is 12.0 Å². The van der Waals surface area contributed by atoms with Crippen molar-refractivity contribution in [3.05, 3.63) is 54.1 Å². The lowest BCUT2D eigenvalue weighted by atomic mass is 10.0. The van der Waals surface area contributed by atoms with E-state index in [2.05, 4.69) is 15.4 Å². The highest BCUT2D eigenvalue weighted by molar-refractivity contribution is 5.94. The van der Waals surface area contributed by atoms with Crippen LogP contribution in [0.3, 0.4) is 0 Å². The predicted octanol–water partition coefficient (Wildman–Crippen LogP) is 2.33. The number of aryl methyl sites for hydroxylation is 1. The molecule has 0 fully saturated rings. The highest BCUT2D eigenvalue weighted by atomic mass is 16.5. The van der Waals surface area contributed by atoms with Crippen LogP contribution in [0, 0.1) is 0 Å². The molecular weight excluding hydrogens is 330 g/mol. The maximum atomic E-state index is 12.8. The van der Waals surface area contributed by atoms with Gasteiger partial charge in [-0.2, -0.15) is 4.80 Å². The molecule has 0 saturated carbocycles. The molecule has 0 unspecified atom stereocenters. The maximum absolute atomic E-state index is 12.8. The number of carbonyl (C=O) groups is 1. The van der Waals surface area contributed by atoms with Gasteiger partial charge in [0.25, 0.3) is 5.91 Å². The molecule has 1 amide bonds. The Morgan fingerprint density at radius 2 is 2.04 bits per heavy atom. The molecule has 0 aliphatic carbocycles. The first kappa shape index (κ1) is 16.3. The number of ether oxygens (including phenoxy) is 1. The number of rotatable bonds is 4. The van der Waals surface area contributed by atoms with Crippen molar-refractivity contribution in [2.45, 2.75) is 19.4 Å². The number of tetrazole rings is 1. The molecule has 2 aromatic carbocycles. The van der Waals surface area contributed by atoms with Crippen LogP contribution in [0.2, 0.25) is 0 Å². The molecule has 26 heavy (non-hydrogen) atoms. The lowest BCUT2D eigenvalue weighted by Crippen LogP contribution is -2.38. The van der Waals surface area contributed by atoms with Gasteiger partial charge in [0.05, 0.1) is 7.11 Å². The Kier molecular flexibility index (Phi) is 4.35. The molecule has 0 radical (unpaired) electrons. The Morgan fingerprint density at radius 1 is 1.19 bits per heavy atom. The fourth-order valence-electron chi connectivity index (χ4n) is 3.18. The zero-order valence-electron chi connectivity index (χ0n) is 14.5. The quantitative estimate of drug-likeness (QED) is 0.723. The van der Waals surface area contributed by atoms with Crippen LogP contribution < -0.4 is 9.64 Å². The molecule has 4 rings (SSSR count). The number of anilines is 1. The number of aromatic nitrogens is 4. The van der Waals surface area contributed by atoms with Crippen molar-refractivity contribution in [2.75, 3.05) is 18.6 Å². The topological polar surface area (TPSA) is 73.1 Å². The predicted molar refractivity (Wildman–Crippen MR) is 96.9 cm³/mol. The molecule has 7 heteroatoms. The first-order chi connectivity index (χ1) is 12.7. The van der Waals surface area contributed by atoms with Gasteiger partial charge in [-0.05, 0) is 41.8 Å². The number of hydrogen-bond acceptors (Lipinski definition) is 5. The highest BCUT2D eigenvalue weighted by Crippen LogP contribution is 2.30. The van der Waals surface area contributed by atoms with Gasteiger partial charge < -0.3 is 9.64 Å². The summed E-state index contributed by atoms with van der Waals surface area (Å²) in [6.45, 7) is 0.754. The van der Waals surface area contributed by atoms with Crippen LogP contribution in [-0.4, -0.2) is 39.8 Å². The van der Waals surface area contributed by atoms with E-state index in [-0.39, 0.29) is 12.5 Å². The summed E-state index contributed by atoms with van der Waals surface area (Å²) in [5.41, 5.74) is 2.94. The van der Waals surface area contributed by atoms with Gasteiger partial charge in [-0.15, -0.1) is 10.2 Å². The molecule has 1 aliphatic heterocycles. The number of methoxy groups -OCH3 is 1. The Hall–Kier alpha value is -3.22. The van der Waals surface area contributed by atoms with Crippen LogP contribution >= 0.6 is 0 Å². The summed E-state index contributed by atoms with van der Waals surface area (Å²) in [6, 6.07) is 15.4. The van der Waals surface area contributed by atoms with Gasteiger partial charge in [-0.1, -0.05) is 30.3 Å². The Balaban J connectivity index is 1.52. The van der Waals surface area contributed by atoms with E-state index < -0.39 is 0 Å². The van der Waals surface area contributed by atoms with E-state index in [1.165, 1.54) is 4.80 Å². The molecule has 132 valence electrons. The molecule has 0 spiro atoms. The SMILES string of the molecule is COc1ccc2c(c1)CCCN2C(=O)Cn1nnc(-c2ccccc2)n1. The van der Waals surface area contributed by atoms with Gasteiger partial charge >= 0.3 is 0 Å². The average molecular weight is 349 g/mol. The Morgan fingerprint density at radius 3 is 2.85 bits per heavy atom. The van der Waals surface area contributed by atoms with Gasteiger partial charge in [0, 0.05) is 17.8 Å². The van der Waals surface area contributed by atoms with E-state index >= 15 is 0 Å². The molecule has 0 N–H and O–H groups in total. The number of nitrogens with zero attached hydrogens (tertiary/aromatic N) is 5. The first-order valence-electron chi connectivity index (χ1n) is 8.55. The first-order valence-corrected chi connectivity index (χ1v) is 8.55. The zero-order valence-corrected chi connectivity index (χ0v) is 14.5. The summed E-state index contributed by atoms with van der Waals surface area (Å²) in [5.74, 6) is 1.28. The summed E-state index contributed by atoms with van der Waals surface area (Å²) < 4.78 is 5.28. The van der Waals surface area contributed by atoms with E-state index in [1.807, 2.05) is 48.5 Å². The second-order valence-corrected chi connectivity index (χ2v) is 6.15. The number of carbonyl (C=O) groups excluding carboxylic acids is 1. The van der Waals surface area contributed by atoms with E-state index in [4.69, 9.17) is 4.74 Å². The van der Waals surface area contributed by atoms with Gasteiger partial charge in [-0.3, -0.25) is 4.79 Å². The maximum Gasteiger partial charge on any atom is 0.250 e. The van der Waals surface area contributed by atoms with Crippen molar-refractivity contribution in [3.8, 4) is 17.1 Å². The minimum Gasteiger partial charge on any atom is -0.497 e. The summed E-state index contributed by atoms with van der Waals surface area (Å²) in [5, 5.41) is 12.4. The van der Waals surface area contributed by atoms with Crippen molar-refractivity contribution in [3.63, 3.8) is 0 Å². The van der Waals surface area contributed by atoms with Crippen LogP contribution in [0.4, 0.5) is 5.69 Å². The normalized spacial score (nSPS) is 13.3. The van der Waals surface area contributed by atoms with Crippen molar-refractivity contribution in [1.29, 1.82) is 0 Å². The van der Waals surface area contributed by atoms with Crippen molar-refractivity contribution in [2.24, 2.45) is 0 Å². The summed E-state index contributed by atoms with van der Waals surface area (Å²) in [7, 11) is 1.65. The summed E-state index contributed by atoms with van der Waals surface area (Å²) >= 11 is 0. The van der Waals surface area contributed by atoms with E-state index in [9.17, 15) is 4.79 Å². The molecule has 0 saturated heterocycles. The van der Waals surface area contributed by atoms with Crippen LogP contribution in [0.25, 0.3) is 11.4 Å². The van der Waals surface area contributed by atoms with Crippen molar-refractivity contribution < 1.29 is 9.53 Å². The third-order valence-electron chi connectivity index (χ3n) is 4.47. The summed E-state index contributed by atoms with van der Waals surface area (Å²) in [6.07, 6.45) is 1.86. The number of hydrogen-bond donors (Lipinski definition) is 0. The Bertz CT molecular complexity index is 923. The molecular formula is C19H19N5O2. The van der Waals surface area contributed by atoms with Gasteiger partial charge in [0.2, 0.25) is 5.82 Å². The minimum atomic E-state index is -0.0480. The van der Waals surface area contributed by atoms with Gasteiger partial charge in [-0.25, -0.2) is 0 Å². The monoisotopic (exact) mass is 349 g/mol. The lowest BCUT2D eigenvalue weighted by molar-refractivity contribution is -0.119. The standard InChI is InChI=1S/C19H19N5O2/c1-26-16-9-10-17-15(12-16)8-5-11-23(17)18(25)13-24-21-19(20-22-24)14-6-3-2-4-7-14/h2-4,6-7,9-10,12H,5,8,11,13H2,1H3. The molecule has 0 bridgehead atoms. The number of amides is 1. The third kappa shape index (κ3) is 3.15. The second-order valence-electron chi connectivity index (χ2n) is 6.15. The summed E-state index contributed by atoms with van der Waals surface area (Å²) in [4.78, 5) is 15.9. The molecule has 2 heterocycles. The molecule has 7 nitrogen and oxygen atoms in total. The largest absolute Gasteiger partial charge is 0.497 e. The third-order valence-corrected chi connectivity index (χ3v) is 4.47. The zero-order chi connectivity index (χ0) is 17.9. The second kappa shape index (κ2) is 6.95. The van der Waals surface area contributed by atoms with Crippen molar-refractivity contribution in [1.82, 2.24) is 20.2 Å². The number of benzene rings is 2. The van der Waals surface area contributed by atoms with Crippen LogP contribution in [0.15, 0.2) is 48.5 Å². The van der Waals surface area contributed by atoms with E-state index in [0.29, 0.717) is 12.4 Å². The number of fused-ring (bicyclic) bond motifs is 1. The Labute approximate surface area is 151 Å². The molecule has 0 atom stereocenters. The van der Waals surface area contributed by atoms with Gasteiger partial charge in [0.15, 0.2) is 0 Å². The lowest BCUT2D eigenvalue weighted by Gasteiger charge is -2.29. The fourth-order valence-corrected chi connectivity index (χ4v) is 3.18. The molecule has 3 aromatic rings.